The molecule has 1 saturated heterocycles. The number of likely N-dealkylation sites (tertiary alicyclic amines) is 1. The number of fused-ring (bicyclic) bond motifs is 1. The first-order valence-corrected chi connectivity index (χ1v) is 14.6. The van der Waals surface area contributed by atoms with Crippen LogP contribution >= 0.6 is 7.60 Å². The summed E-state index contributed by atoms with van der Waals surface area (Å²) in [5.41, 5.74) is -1.19. The molecule has 2 heterocycles. The van der Waals surface area contributed by atoms with E-state index in [1.54, 1.807) is 0 Å². The number of nitrogens with one attached hydrogen (secondary N) is 3. The second-order valence-electron chi connectivity index (χ2n) is 10.3. The monoisotopic (exact) mass is 578 g/mol. The summed E-state index contributed by atoms with van der Waals surface area (Å²) < 4.78 is 11.3. The van der Waals surface area contributed by atoms with E-state index in [2.05, 4.69) is 15.6 Å². The molecule has 3 rings (SSSR count). The molecule has 1 fully saturated rings. The van der Waals surface area contributed by atoms with Gasteiger partial charge in [0.1, 0.15) is 23.6 Å². The fourth-order valence-corrected chi connectivity index (χ4v) is 5.17. The number of benzene rings is 1. The van der Waals surface area contributed by atoms with E-state index in [0.29, 0.717) is 36.6 Å². The van der Waals surface area contributed by atoms with Gasteiger partial charge in [0.2, 0.25) is 11.8 Å². The molecule has 1 aliphatic rings. The first-order chi connectivity index (χ1) is 18.7. The lowest BCUT2D eigenvalue weighted by atomic mass is 9.97. The molecular weight excluding hydrogens is 543 g/mol. The molecule has 0 spiro atoms. The number of carbonyl (C=O) groups excluding carboxylic acids is 5. The smallest absolute Gasteiger partial charge is 0.394 e. The van der Waals surface area contributed by atoms with Gasteiger partial charge in [-0.25, -0.2) is 0 Å². The highest BCUT2D eigenvalue weighted by molar-refractivity contribution is 7.70. The normalized spacial score (nSPS) is 17.1. The van der Waals surface area contributed by atoms with Gasteiger partial charge in [-0.05, 0) is 56.4 Å². The second kappa shape index (κ2) is 12.9. The maximum absolute atomic E-state index is 13.3. The highest BCUT2D eigenvalue weighted by Gasteiger charge is 2.38. The minimum absolute atomic E-state index is 0.0111. The number of aliphatic hydroxyl groups is 1. The van der Waals surface area contributed by atoms with Gasteiger partial charge in [-0.15, -0.1) is 0 Å². The molecule has 0 saturated carbocycles. The maximum atomic E-state index is 13.3. The number of hydrogen-bond donors (Lipinski definition) is 6. The zero-order chi connectivity index (χ0) is 29.8. The summed E-state index contributed by atoms with van der Waals surface area (Å²) in [5, 5.41) is 15.7. The standard InChI is InChI=1S/C26H35N4O9P/c1-14(2)18(8-6-15(3)32)28-24(34)22-5-4-10-30(22)25(35)21(13-31)29-23(33)20-12-17-11-16(7-9-19(17)27-20)26(36)40(37,38)39/h7,9,11-12,14,18,21-22,27,31H,4-6,8,10,13H2,1-3H3,(H,28,34)(H,29,33)(H2,37,38,39)/t18-,21-,22-/m0/s1. The van der Waals surface area contributed by atoms with E-state index in [1.165, 1.54) is 36.1 Å². The minimum Gasteiger partial charge on any atom is -0.394 e. The number of H-pyrrole nitrogens is 1. The number of ketones is 1. The van der Waals surface area contributed by atoms with Crippen LogP contribution in [0.3, 0.4) is 0 Å². The number of aromatic amines is 1. The Balaban J connectivity index is 1.71. The van der Waals surface area contributed by atoms with Gasteiger partial charge >= 0.3 is 7.60 Å². The number of rotatable bonds is 12. The third-order valence-corrected chi connectivity index (χ3v) is 7.73. The minimum atomic E-state index is -4.99. The summed E-state index contributed by atoms with van der Waals surface area (Å²) in [6.45, 7) is 4.90. The molecule has 1 aromatic heterocycles. The van der Waals surface area contributed by atoms with Crippen LogP contribution < -0.4 is 10.6 Å². The second-order valence-corrected chi connectivity index (χ2v) is 11.8. The summed E-state index contributed by atoms with van der Waals surface area (Å²) in [6, 6.07) is 2.81. The Hall–Kier alpha value is -3.38. The van der Waals surface area contributed by atoms with Crippen LogP contribution in [0.15, 0.2) is 24.3 Å². The molecule has 0 radical (unpaired) electrons. The van der Waals surface area contributed by atoms with Crippen molar-refractivity contribution in [3.05, 3.63) is 35.5 Å². The van der Waals surface area contributed by atoms with Crippen molar-refractivity contribution in [2.45, 2.75) is 64.6 Å². The predicted octanol–water partition coefficient (Wildman–Crippen LogP) is 1.08. The van der Waals surface area contributed by atoms with Crippen molar-refractivity contribution in [1.29, 1.82) is 0 Å². The lowest BCUT2D eigenvalue weighted by molar-refractivity contribution is -0.141. The molecule has 14 heteroatoms. The molecule has 2 aromatic rings. The number of aromatic nitrogens is 1. The summed E-state index contributed by atoms with van der Waals surface area (Å²) >= 11 is 0. The van der Waals surface area contributed by atoms with Gasteiger partial charge in [0.15, 0.2) is 0 Å². The molecule has 218 valence electrons. The Morgan fingerprint density at radius 3 is 2.42 bits per heavy atom. The van der Waals surface area contributed by atoms with Gasteiger partial charge in [-0.3, -0.25) is 23.7 Å². The maximum Gasteiger partial charge on any atom is 0.396 e. The average Bonchev–Trinajstić information content (AvgIpc) is 3.55. The fraction of sp³-hybridized carbons (Fsp3) is 0.500. The molecule has 0 unspecified atom stereocenters. The van der Waals surface area contributed by atoms with Gasteiger partial charge in [0, 0.05) is 35.5 Å². The van der Waals surface area contributed by atoms with Crippen molar-refractivity contribution in [2.75, 3.05) is 13.2 Å². The fourth-order valence-electron chi connectivity index (χ4n) is 4.69. The van der Waals surface area contributed by atoms with Gasteiger partial charge in [0.05, 0.1) is 6.61 Å². The molecule has 0 bridgehead atoms. The van der Waals surface area contributed by atoms with E-state index in [0.717, 1.165) is 0 Å². The van der Waals surface area contributed by atoms with Gasteiger partial charge in [-0.2, -0.15) is 0 Å². The molecule has 3 amide bonds. The predicted molar refractivity (Wildman–Crippen MR) is 144 cm³/mol. The van der Waals surface area contributed by atoms with Crippen molar-refractivity contribution in [2.24, 2.45) is 5.92 Å². The van der Waals surface area contributed by atoms with Crippen molar-refractivity contribution < 1.29 is 43.4 Å². The van der Waals surface area contributed by atoms with Crippen LogP contribution in [0.4, 0.5) is 0 Å². The third kappa shape index (κ3) is 7.42. The van der Waals surface area contributed by atoms with Crippen LogP contribution in [0.1, 0.15) is 67.3 Å². The Kier molecular flexibility index (Phi) is 10.0. The highest BCUT2D eigenvalue weighted by Crippen LogP contribution is 2.39. The van der Waals surface area contributed by atoms with E-state index >= 15 is 0 Å². The quantitative estimate of drug-likeness (QED) is 0.199. The molecule has 0 aliphatic carbocycles. The molecule has 40 heavy (non-hydrogen) atoms. The van der Waals surface area contributed by atoms with Crippen molar-refractivity contribution >= 4 is 47.5 Å². The Labute approximate surface area is 230 Å². The van der Waals surface area contributed by atoms with Crippen LogP contribution in [-0.4, -0.2) is 85.1 Å². The highest BCUT2D eigenvalue weighted by atomic mass is 31.2. The molecule has 6 N–H and O–H groups in total. The number of nitrogens with zero attached hydrogens (tertiary/aromatic N) is 1. The Morgan fingerprint density at radius 2 is 1.82 bits per heavy atom. The molecular formula is C26H35N4O9P. The number of Topliss-reactive ketones (excluding diaryl/α,β-unsaturated/α-hetero) is 1. The first-order valence-electron chi connectivity index (χ1n) is 13.0. The zero-order valence-corrected chi connectivity index (χ0v) is 23.4. The number of carbonyl (C=O) groups is 5. The molecule has 1 aliphatic heterocycles. The van der Waals surface area contributed by atoms with Gasteiger partial charge in [0.25, 0.3) is 11.4 Å². The molecule has 1 aromatic carbocycles. The van der Waals surface area contributed by atoms with Crippen molar-refractivity contribution in [3.8, 4) is 0 Å². The summed E-state index contributed by atoms with van der Waals surface area (Å²) in [7, 11) is -4.99. The Morgan fingerprint density at radius 1 is 1.12 bits per heavy atom. The molecule has 13 nitrogen and oxygen atoms in total. The average molecular weight is 579 g/mol. The lowest BCUT2D eigenvalue weighted by Gasteiger charge is -2.30. The Bertz CT molecular complexity index is 1350. The van der Waals surface area contributed by atoms with E-state index in [1.807, 2.05) is 13.8 Å². The first kappa shape index (κ1) is 31.2. The van der Waals surface area contributed by atoms with Gasteiger partial charge < -0.3 is 40.2 Å². The summed E-state index contributed by atoms with van der Waals surface area (Å²) in [5.74, 6) is -1.63. The van der Waals surface area contributed by atoms with Crippen LogP contribution in [-0.2, 0) is 18.9 Å². The van der Waals surface area contributed by atoms with E-state index < -0.39 is 43.6 Å². The van der Waals surface area contributed by atoms with Crippen molar-refractivity contribution in [3.63, 3.8) is 0 Å². The van der Waals surface area contributed by atoms with Crippen LogP contribution in [0.5, 0.6) is 0 Å². The largest absolute Gasteiger partial charge is 0.396 e. The third-order valence-electron chi connectivity index (χ3n) is 6.94. The molecule has 3 atom stereocenters. The van der Waals surface area contributed by atoms with E-state index in [4.69, 9.17) is 9.79 Å². The zero-order valence-electron chi connectivity index (χ0n) is 22.5. The topological polar surface area (TPSA) is 206 Å². The van der Waals surface area contributed by atoms with Gasteiger partial charge in [-0.1, -0.05) is 13.8 Å². The van der Waals surface area contributed by atoms with E-state index in [9.17, 15) is 33.6 Å². The van der Waals surface area contributed by atoms with Crippen molar-refractivity contribution in [1.82, 2.24) is 20.5 Å². The lowest BCUT2D eigenvalue weighted by Crippen LogP contribution is -2.56. The number of amides is 3. The number of hydrogen-bond acceptors (Lipinski definition) is 7. The van der Waals surface area contributed by atoms with Crippen LogP contribution in [0.2, 0.25) is 0 Å². The van der Waals surface area contributed by atoms with E-state index in [-0.39, 0.29) is 41.5 Å². The number of aliphatic hydroxyl groups excluding tert-OH is 1. The SMILES string of the molecule is CC(=O)CC[C@H](NC(=O)[C@@H]1CCCN1C(=O)[C@H](CO)NC(=O)c1cc2cc(C(=O)P(=O)(O)O)ccc2[nH]1)C(C)C. The van der Waals surface area contributed by atoms with Crippen LogP contribution in [0, 0.1) is 5.92 Å². The van der Waals surface area contributed by atoms with Crippen LogP contribution in [0.25, 0.3) is 10.9 Å². The summed E-state index contributed by atoms with van der Waals surface area (Å²) in [6.07, 6.45) is 1.78. The summed E-state index contributed by atoms with van der Waals surface area (Å²) in [4.78, 5) is 85.0.